The number of hydrogen-bond acceptors (Lipinski definition) is 9. The molecule has 38 heavy (non-hydrogen) atoms. The summed E-state index contributed by atoms with van der Waals surface area (Å²) in [4.78, 5) is 14.6. The maximum atomic E-state index is 14.9. The van der Waals surface area contributed by atoms with Gasteiger partial charge in [0.25, 0.3) is 5.92 Å². The largest absolute Gasteiger partial charge is 0.380 e. The molecule has 7 rings (SSSR count). The van der Waals surface area contributed by atoms with E-state index in [1.165, 1.54) is 0 Å². The van der Waals surface area contributed by atoms with E-state index in [4.69, 9.17) is 21.6 Å². The number of alkyl halides is 2. The SMILES string of the molecule is N#Cc1ccnc(N2CC3(C2)CN(c2nnc4n2-c2ccc(Cl)cc2CN(CC(F)(F)C2COC2)C4)C3)n1. The zero-order chi connectivity index (χ0) is 26.1. The van der Waals surface area contributed by atoms with Crippen molar-refractivity contribution in [2.75, 3.05) is 55.7 Å². The van der Waals surface area contributed by atoms with Gasteiger partial charge < -0.3 is 14.5 Å². The minimum Gasteiger partial charge on any atom is -0.380 e. The molecular formula is C25H24ClF2N9O. The van der Waals surface area contributed by atoms with Gasteiger partial charge in [-0.25, -0.2) is 18.7 Å². The van der Waals surface area contributed by atoms with Gasteiger partial charge >= 0.3 is 0 Å². The van der Waals surface area contributed by atoms with Gasteiger partial charge in [-0.3, -0.25) is 9.47 Å². The van der Waals surface area contributed by atoms with Crippen molar-refractivity contribution >= 4 is 23.5 Å². The van der Waals surface area contributed by atoms with E-state index in [9.17, 15) is 8.78 Å². The van der Waals surface area contributed by atoms with E-state index in [1.54, 1.807) is 23.2 Å². The van der Waals surface area contributed by atoms with Gasteiger partial charge in [0, 0.05) is 49.4 Å². The number of nitrogens with zero attached hydrogens (tertiary/aromatic N) is 9. The maximum absolute atomic E-state index is 14.9. The molecule has 3 saturated heterocycles. The molecule has 0 N–H and O–H groups in total. The molecule has 0 unspecified atom stereocenters. The fourth-order valence-electron chi connectivity index (χ4n) is 5.85. The molecule has 6 heterocycles. The van der Waals surface area contributed by atoms with E-state index in [-0.39, 0.29) is 31.7 Å². The van der Waals surface area contributed by atoms with E-state index in [1.807, 2.05) is 16.7 Å². The fourth-order valence-corrected chi connectivity index (χ4v) is 6.04. The standard InChI is InChI=1S/C25H24ClF2N9O/c26-18-1-2-20-16(5-18)7-34(15-25(27,28)17-9-38-10-17)8-21-32-33-23(37(20)21)36-13-24(14-36)11-35(12-24)22-30-4-3-19(6-29)31-22/h1-5,17H,7-15H2. The number of halogens is 3. The van der Waals surface area contributed by atoms with Crippen molar-refractivity contribution in [3.8, 4) is 11.8 Å². The van der Waals surface area contributed by atoms with E-state index in [0.29, 0.717) is 35.0 Å². The Hall–Kier alpha value is -3.40. The third-order valence-corrected chi connectivity index (χ3v) is 8.09. The zero-order valence-corrected chi connectivity index (χ0v) is 21.2. The summed E-state index contributed by atoms with van der Waals surface area (Å²) in [7, 11) is 0. The van der Waals surface area contributed by atoms with Gasteiger partial charge in [0.05, 0.1) is 37.9 Å². The number of anilines is 2. The van der Waals surface area contributed by atoms with Crippen molar-refractivity contribution in [3.05, 3.63) is 52.6 Å². The molecule has 1 aromatic carbocycles. The van der Waals surface area contributed by atoms with Crippen LogP contribution in [0.2, 0.25) is 5.02 Å². The van der Waals surface area contributed by atoms with Crippen molar-refractivity contribution in [2.24, 2.45) is 11.3 Å². The Morgan fingerprint density at radius 3 is 2.63 bits per heavy atom. The zero-order valence-electron chi connectivity index (χ0n) is 20.4. The van der Waals surface area contributed by atoms with Gasteiger partial charge in [-0.15, -0.1) is 10.2 Å². The first kappa shape index (κ1) is 23.7. The molecule has 0 atom stereocenters. The third-order valence-electron chi connectivity index (χ3n) is 7.85. The Labute approximate surface area is 222 Å². The minimum atomic E-state index is -2.86. The van der Waals surface area contributed by atoms with Crippen LogP contribution < -0.4 is 9.80 Å². The average molecular weight is 540 g/mol. The number of ether oxygens (including phenoxy) is 1. The molecule has 196 valence electrons. The molecule has 13 heteroatoms. The predicted molar refractivity (Wildman–Crippen MR) is 133 cm³/mol. The molecule has 3 aromatic rings. The number of benzene rings is 1. The molecule has 0 saturated carbocycles. The summed E-state index contributed by atoms with van der Waals surface area (Å²) in [5.41, 5.74) is 2.16. The molecule has 10 nitrogen and oxygen atoms in total. The number of aromatic nitrogens is 5. The van der Waals surface area contributed by atoms with Crippen molar-refractivity contribution in [1.82, 2.24) is 29.6 Å². The molecule has 1 spiro atoms. The molecule has 0 amide bonds. The molecule has 0 radical (unpaired) electrons. The Morgan fingerprint density at radius 2 is 1.89 bits per heavy atom. The van der Waals surface area contributed by atoms with E-state index >= 15 is 0 Å². The Morgan fingerprint density at radius 1 is 1.11 bits per heavy atom. The van der Waals surface area contributed by atoms with Crippen LogP contribution in [0.25, 0.3) is 5.69 Å². The molecule has 3 fully saturated rings. The van der Waals surface area contributed by atoms with Gasteiger partial charge in [-0.2, -0.15) is 5.26 Å². The summed E-state index contributed by atoms with van der Waals surface area (Å²) in [5, 5.41) is 18.6. The van der Waals surface area contributed by atoms with Crippen molar-refractivity contribution < 1.29 is 13.5 Å². The molecule has 2 aromatic heterocycles. The highest BCUT2D eigenvalue weighted by atomic mass is 35.5. The number of hydrogen-bond donors (Lipinski definition) is 0. The summed E-state index contributed by atoms with van der Waals surface area (Å²) in [6, 6.07) is 9.20. The average Bonchev–Trinajstić information content (AvgIpc) is 3.11. The maximum Gasteiger partial charge on any atom is 0.267 e. The van der Waals surface area contributed by atoms with Gasteiger partial charge in [0.15, 0.2) is 5.82 Å². The lowest BCUT2D eigenvalue weighted by atomic mass is 9.73. The third kappa shape index (κ3) is 3.88. The van der Waals surface area contributed by atoms with Crippen molar-refractivity contribution in [3.63, 3.8) is 0 Å². The Balaban J connectivity index is 1.11. The Bertz CT molecular complexity index is 1440. The van der Waals surface area contributed by atoms with Gasteiger partial charge in [-0.1, -0.05) is 11.6 Å². The smallest absolute Gasteiger partial charge is 0.267 e. The van der Waals surface area contributed by atoms with E-state index < -0.39 is 11.8 Å². The van der Waals surface area contributed by atoms with Crippen LogP contribution in [0.4, 0.5) is 20.7 Å². The minimum absolute atomic E-state index is 0.0882. The van der Waals surface area contributed by atoms with Crippen molar-refractivity contribution in [1.29, 1.82) is 5.26 Å². The van der Waals surface area contributed by atoms with Crippen LogP contribution >= 0.6 is 11.6 Å². The second-order valence-electron chi connectivity index (χ2n) is 10.7. The molecule has 4 aliphatic heterocycles. The van der Waals surface area contributed by atoms with Crippen LogP contribution in [-0.4, -0.2) is 81.5 Å². The summed E-state index contributed by atoms with van der Waals surface area (Å²) < 4.78 is 36.8. The molecule has 4 aliphatic rings. The summed E-state index contributed by atoms with van der Waals surface area (Å²) >= 11 is 6.31. The molecule has 0 bridgehead atoms. The summed E-state index contributed by atoms with van der Waals surface area (Å²) in [6.07, 6.45) is 1.60. The first-order chi connectivity index (χ1) is 18.3. The van der Waals surface area contributed by atoms with E-state index in [2.05, 4.69) is 36.0 Å². The fraction of sp³-hybridized carbons (Fsp3) is 0.480. The lowest BCUT2D eigenvalue weighted by molar-refractivity contribution is -0.179. The first-order valence-electron chi connectivity index (χ1n) is 12.5. The highest BCUT2D eigenvalue weighted by molar-refractivity contribution is 6.30. The van der Waals surface area contributed by atoms with E-state index in [0.717, 1.165) is 37.4 Å². The van der Waals surface area contributed by atoms with Crippen LogP contribution in [0.15, 0.2) is 30.5 Å². The number of rotatable bonds is 5. The van der Waals surface area contributed by atoms with Crippen LogP contribution in [-0.2, 0) is 17.8 Å². The number of fused-ring (bicyclic) bond motifs is 3. The Kier molecular flexibility index (Phi) is 5.34. The summed E-state index contributed by atoms with van der Waals surface area (Å²) in [5.74, 6) is -1.72. The summed E-state index contributed by atoms with van der Waals surface area (Å²) in [6.45, 7) is 3.54. The second kappa shape index (κ2) is 8.56. The second-order valence-corrected chi connectivity index (χ2v) is 11.2. The normalized spacial score (nSPS) is 20.6. The van der Waals surface area contributed by atoms with Crippen LogP contribution in [0.5, 0.6) is 0 Å². The number of nitriles is 1. The molecular weight excluding hydrogens is 516 g/mol. The van der Waals surface area contributed by atoms with Crippen LogP contribution in [0, 0.1) is 22.7 Å². The monoisotopic (exact) mass is 539 g/mol. The van der Waals surface area contributed by atoms with Gasteiger partial charge in [-0.05, 0) is 29.8 Å². The van der Waals surface area contributed by atoms with Crippen LogP contribution in [0.3, 0.4) is 0 Å². The van der Waals surface area contributed by atoms with Crippen LogP contribution in [0.1, 0.15) is 17.1 Å². The quantitative estimate of drug-likeness (QED) is 0.484. The first-order valence-corrected chi connectivity index (χ1v) is 12.8. The van der Waals surface area contributed by atoms with Crippen molar-refractivity contribution in [2.45, 2.75) is 19.0 Å². The van der Waals surface area contributed by atoms with Gasteiger partial charge in [0.2, 0.25) is 11.9 Å². The highest BCUT2D eigenvalue weighted by Gasteiger charge is 2.54. The van der Waals surface area contributed by atoms with Gasteiger partial charge in [0.1, 0.15) is 11.8 Å². The predicted octanol–water partition coefficient (Wildman–Crippen LogP) is 2.51. The molecule has 0 aliphatic carbocycles. The lowest BCUT2D eigenvalue weighted by Gasteiger charge is -2.60. The topological polar surface area (TPSA) is 99.2 Å². The highest BCUT2D eigenvalue weighted by Crippen LogP contribution is 2.44. The lowest BCUT2D eigenvalue weighted by Crippen LogP contribution is -2.73.